The monoisotopic (exact) mass is 340 g/mol. The molecular weight excluding hydrogens is 306 g/mol. The first kappa shape index (κ1) is 19.5. The van der Waals surface area contributed by atoms with Gasteiger partial charge >= 0.3 is 0 Å². The van der Waals surface area contributed by atoms with Gasteiger partial charge < -0.3 is 10.4 Å². The van der Waals surface area contributed by atoms with Crippen molar-refractivity contribution < 1.29 is 10.4 Å². The SMILES string of the molecule is C[C@@H]([NH2+]Cc1cc(C(C)(C)C)c(O)c(C(C)(C)C)c1)c1ccccc1. The van der Waals surface area contributed by atoms with Crippen LogP contribution in [0.25, 0.3) is 0 Å². The summed E-state index contributed by atoms with van der Waals surface area (Å²) >= 11 is 0. The predicted molar refractivity (Wildman–Crippen MR) is 106 cm³/mol. The molecule has 0 saturated carbocycles. The molecule has 1 atom stereocenters. The number of aromatic hydroxyl groups is 1. The molecule has 2 aromatic rings. The second-order valence-corrected chi connectivity index (χ2v) is 9.18. The Kier molecular flexibility index (Phi) is 5.63. The van der Waals surface area contributed by atoms with Crippen LogP contribution in [0.2, 0.25) is 0 Å². The van der Waals surface area contributed by atoms with Gasteiger partial charge in [-0.15, -0.1) is 0 Å². The van der Waals surface area contributed by atoms with Crippen LogP contribution in [0.3, 0.4) is 0 Å². The zero-order valence-electron chi connectivity index (χ0n) is 16.9. The van der Waals surface area contributed by atoms with Gasteiger partial charge in [-0.3, -0.25) is 0 Å². The molecule has 0 heterocycles. The minimum absolute atomic E-state index is 0.0782. The first-order valence-corrected chi connectivity index (χ1v) is 9.25. The molecule has 0 unspecified atom stereocenters. The molecule has 2 heteroatoms. The van der Waals surface area contributed by atoms with Crippen LogP contribution in [0, 0.1) is 0 Å². The highest BCUT2D eigenvalue weighted by molar-refractivity contribution is 5.49. The van der Waals surface area contributed by atoms with Gasteiger partial charge in [-0.1, -0.05) is 71.9 Å². The van der Waals surface area contributed by atoms with Crippen molar-refractivity contribution in [1.29, 1.82) is 0 Å². The van der Waals surface area contributed by atoms with Crippen LogP contribution in [0.4, 0.5) is 0 Å². The Morgan fingerprint density at radius 1 is 0.880 bits per heavy atom. The Morgan fingerprint density at radius 3 is 1.80 bits per heavy atom. The average Bonchev–Trinajstić information content (AvgIpc) is 2.52. The average molecular weight is 341 g/mol. The van der Waals surface area contributed by atoms with Crippen LogP contribution < -0.4 is 5.32 Å². The number of quaternary nitrogens is 1. The summed E-state index contributed by atoms with van der Waals surface area (Å²) in [5.74, 6) is 0.458. The van der Waals surface area contributed by atoms with Gasteiger partial charge in [-0.25, -0.2) is 0 Å². The summed E-state index contributed by atoms with van der Waals surface area (Å²) < 4.78 is 0. The molecule has 0 fully saturated rings. The van der Waals surface area contributed by atoms with Crippen molar-refractivity contribution in [3.05, 3.63) is 64.7 Å². The van der Waals surface area contributed by atoms with Crippen molar-refractivity contribution in [2.45, 2.75) is 71.9 Å². The van der Waals surface area contributed by atoms with E-state index in [1.165, 1.54) is 11.1 Å². The maximum absolute atomic E-state index is 10.8. The zero-order chi connectivity index (χ0) is 18.8. The first-order valence-electron chi connectivity index (χ1n) is 9.25. The second-order valence-electron chi connectivity index (χ2n) is 9.18. The lowest BCUT2D eigenvalue weighted by Gasteiger charge is -2.28. The molecule has 25 heavy (non-hydrogen) atoms. The maximum Gasteiger partial charge on any atom is 0.123 e. The highest BCUT2D eigenvalue weighted by atomic mass is 16.3. The fourth-order valence-corrected chi connectivity index (χ4v) is 3.16. The van der Waals surface area contributed by atoms with Gasteiger partial charge in [0, 0.05) is 22.3 Å². The second kappa shape index (κ2) is 7.21. The Hall–Kier alpha value is -1.80. The molecule has 136 valence electrons. The highest BCUT2D eigenvalue weighted by Gasteiger charge is 2.26. The predicted octanol–water partition coefficient (Wildman–Crippen LogP) is 4.81. The molecule has 0 aliphatic carbocycles. The summed E-state index contributed by atoms with van der Waals surface area (Å²) in [5.41, 5.74) is 4.53. The molecular formula is C23H34NO+. The normalized spacial score (nSPS) is 13.7. The van der Waals surface area contributed by atoms with Crippen molar-refractivity contribution in [2.75, 3.05) is 0 Å². The molecule has 0 aromatic heterocycles. The van der Waals surface area contributed by atoms with Gasteiger partial charge in [0.2, 0.25) is 0 Å². The fraction of sp³-hybridized carbons (Fsp3) is 0.478. The maximum atomic E-state index is 10.8. The minimum Gasteiger partial charge on any atom is -0.507 e. The van der Waals surface area contributed by atoms with Crippen molar-refractivity contribution in [1.82, 2.24) is 0 Å². The molecule has 0 radical (unpaired) electrons. The summed E-state index contributed by atoms with van der Waals surface area (Å²) in [6.45, 7) is 16.1. The first-order chi connectivity index (χ1) is 11.5. The molecule has 2 aromatic carbocycles. The van der Waals surface area contributed by atoms with E-state index in [1.54, 1.807) is 0 Å². The minimum atomic E-state index is -0.0782. The Labute approximate surface area is 153 Å². The van der Waals surface area contributed by atoms with E-state index in [1.807, 2.05) is 0 Å². The summed E-state index contributed by atoms with van der Waals surface area (Å²) in [7, 11) is 0. The number of benzene rings is 2. The Bertz CT molecular complexity index is 670. The smallest absolute Gasteiger partial charge is 0.123 e. The van der Waals surface area contributed by atoms with Gasteiger partial charge in [-0.05, 0) is 29.9 Å². The molecule has 0 aliphatic heterocycles. The van der Waals surface area contributed by atoms with Crippen molar-refractivity contribution in [3.8, 4) is 5.75 Å². The van der Waals surface area contributed by atoms with E-state index in [4.69, 9.17) is 0 Å². The lowest BCUT2D eigenvalue weighted by Crippen LogP contribution is -2.83. The largest absolute Gasteiger partial charge is 0.507 e. The molecule has 0 saturated heterocycles. The van der Waals surface area contributed by atoms with Gasteiger partial charge in [0.1, 0.15) is 18.3 Å². The lowest BCUT2D eigenvalue weighted by atomic mass is 9.78. The molecule has 2 rings (SSSR count). The van der Waals surface area contributed by atoms with Crippen molar-refractivity contribution >= 4 is 0 Å². The number of hydrogen-bond donors (Lipinski definition) is 2. The third-order valence-corrected chi connectivity index (χ3v) is 4.82. The summed E-state index contributed by atoms with van der Waals surface area (Å²) in [6, 6.07) is 15.4. The van der Waals surface area contributed by atoms with Crippen LogP contribution >= 0.6 is 0 Å². The summed E-state index contributed by atoms with van der Waals surface area (Å²) in [4.78, 5) is 0. The molecule has 2 nitrogen and oxygen atoms in total. The van der Waals surface area contributed by atoms with Crippen molar-refractivity contribution in [3.63, 3.8) is 0 Å². The Morgan fingerprint density at radius 2 is 1.36 bits per heavy atom. The quantitative estimate of drug-likeness (QED) is 0.823. The van der Waals surface area contributed by atoms with Crippen LogP contribution in [-0.4, -0.2) is 5.11 Å². The Balaban J connectivity index is 2.31. The number of hydrogen-bond acceptors (Lipinski definition) is 1. The van der Waals surface area contributed by atoms with Crippen LogP contribution in [0.5, 0.6) is 5.75 Å². The molecule has 0 aliphatic rings. The van der Waals surface area contributed by atoms with Gasteiger partial charge in [-0.2, -0.15) is 0 Å². The lowest BCUT2D eigenvalue weighted by molar-refractivity contribution is -0.707. The van der Waals surface area contributed by atoms with E-state index in [-0.39, 0.29) is 10.8 Å². The van der Waals surface area contributed by atoms with Crippen LogP contribution in [0.15, 0.2) is 42.5 Å². The van der Waals surface area contributed by atoms with E-state index >= 15 is 0 Å². The van der Waals surface area contributed by atoms with Crippen LogP contribution in [-0.2, 0) is 17.4 Å². The van der Waals surface area contributed by atoms with E-state index in [0.717, 1.165) is 17.7 Å². The van der Waals surface area contributed by atoms with E-state index < -0.39 is 0 Å². The summed E-state index contributed by atoms with van der Waals surface area (Å²) in [5, 5.41) is 13.2. The summed E-state index contributed by atoms with van der Waals surface area (Å²) in [6.07, 6.45) is 0. The molecule has 0 amide bonds. The van der Waals surface area contributed by atoms with E-state index in [9.17, 15) is 5.11 Å². The third kappa shape index (κ3) is 4.85. The molecule has 0 bridgehead atoms. The van der Waals surface area contributed by atoms with Gasteiger partial charge in [0.25, 0.3) is 0 Å². The highest BCUT2D eigenvalue weighted by Crippen LogP contribution is 2.39. The number of nitrogens with two attached hydrogens (primary N) is 1. The van der Waals surface area contributed by atoms with Crippen molar-refractivity contribution in [2.24, 2.45) is 0 Å². The third-order valence-electron chi connectivity index (χ3n) is 4.82. The zero-order valence-corrected chi connectivity index (χ0v) is 16.9. The topological polar surface area (TPSA) is 36.8 Å². The van der Waals surface area contributed by atoms with Crippen LogP contribution in [0.1, 0.15) is 76.8 Å². The van der Waals surface area contributed by atoms with E-state index in [2.05, 4.69) is 96.2 Å². The fourth-order valence-electron chi connectivity index (χ4n) is 3.16. The van der Waals surface area contributed by atoms with E-state index in [0.29, 0.717) is 11.8 Å². The standard InChI is InChI=1S/C23H33NO/c1-16(18-11-9-8-10-12-18)24-15-17-13-19(22(2,3)4)21(25)20(14-17)23(5,6)7/h8-14,16,24-25H,15H2,1-7H3/p+1/t16-/m1/s1. The van der Waals surface area contributed by atoms with Gasteiger partial charge in [0.05, 0.1) is 0 Å². The van der Waals surface area contributed by atoms with Gasteiger partial charge in [0.15, 0.2) is 0 Å². The number of phenols is 1. The number of phenolic OH excluding ortho intramolecular Hbond substituents is 1. The molecule has 3 N–H and O–H groups in total. The molecule has 0 spiro atoms. The number of rotatable bonds is 4.